The smallest absolute Gasteiger partial charge is 0.268 e. The van der Waals surface area contributed by atoms with Crippen molar-refractivity contribution in [2.75, 3.05) is 31.1 Å². The predicted molar refractivity (Wildman–Crippen MR) is 126 cm³/mol. The Labute approximate surface area is 190 Å². The van der Waals surface area contributed by atoms with E-state index in [1.54, 1.807) is 0 Å². The summed E-state index contributed by atoms with van der Waals surface area (Å²) in [4.78, 5) is 20.1. The molecular formula is C24H34N4O3S. The van der Waals surface area contributed by atoms with E-state index in [9.17, 15) is 13.9 Å². The van der Waals surface area contributed by atoms with Gasteiger partial charge in [-0.15, -0.1) is 0 Å². The molecule has 7 rings (SSSR count). The van der Waals surface area contributed by atoms with Gasteiger partial charge in [0.25, 0.3) is 5.91 Å². The second-order valence-electron chi connectivity index (χ2n) is 11.0. The lowest BCUT2D eigenvalue weighted by Gasteiger charge is -2.56. The summed E-state index contributed by atoms with van der Waals surface area (Å²) in [5.74, 6) is 3.50. The van der Waals surface area contributed by atoms with Crippen LogP contribution in [0.2, 0.25) is 0 Å². The molecule has 3 heterocycles. The monoisotopic (exact) mass is 458 g/mol. The largest absolute Gasteiger partial charge is 0.350 e. The Morgan fingerprint density at radius 1 is 1.09 bits per heavy atom. The Hall–Kier alpha value is -1.61. The van der Waals surface area contributed by atoms with Crippen LogP contribution in [0, 0.1) is 23.2 Å². The molecule has 1 saturated heterocycles. The van der Waals surface area contributed by atoms with E-state index in [1.165, 1.54) is 38.5 Å². The van der Waals surface area contributed by atoms with Gasteiger partial charge in [-0.25, -0.2) is 4.98 Å². The number of hydrogen-bond donors (Lipinski definition) is 3. The minimum atomic E-state index is -2.39. The number of imidazole rings is 1. The second-order valence-corrected chi connectivity index (χ2v) is 13.4. The van der Waals surface area contributed by atoms with Crippen molar-refractivity contribution < 1.29 is 13.9 Å². The zero-order chi connectivity index (χ0) is 21.9. The molecule has 4 saturated carbocycles. The third-order valence-electron chi connectivity index (χ3n) is 8.42. The lowest BCUT2D eigenvalue weighted by atomic mass is 9.49. The maximum Gasteiger partial charge on any atom is 0.268 e. The molecule has 4 bridgehead atoms. The molecule has 2 aromatic heterocycles. The zero-order valence-corrected chi connectivity index (χ0v) is 19.4. The van der Waals surface area contributed by atoms with Gasteiger partial charge in [0.05, 0.1) is 17.2 Å². The molecule has 3 N–H and O–H groups in total. The highest BCUT2D eigenvalue weighted by Crippen LogP contribution is 2.59. The van der Waals surface area contributed by atoms with Crippen LogP contribution in [-0.2, 0) is 6.54 Å². The first-order chi connectivity index (χ1) is 15.4. The molecule has 1 aliphatic heterocycles. The summed E-state index contributed by atoms with van der Waals surface area (Å²) < 4.78 is 21.6. The maximum absolute atomic E-state index is 13.2. The van der Waals surface area contributed by atoms with E-state index < -0.39 is 10.6 Å². The fourth-order valence-corrected chi connectivity index (χ4v) is 8.64. The van der Waals surface area contributed by atoms with Crippen molar-refractivity contribution in [2.24, 2.45) is 23.2 Å². The topological polar surface area (TPSA) is 90.1 Å². The fourth-order valence-electron chi connectivity index (χ4n) is 7.34. The van der Waals surface area contributed by atoms with Gasteiger partial charge in [-0.2, -0.15) is 10.6 Å². The highest BCUT2D eigenvalue weighted by atomic mass is 32.3. The van der Waals surface area contributed by atoms with Gasteiger partial charge < -0.3 is 5.32 Å². The molecule has 0 unspecified atom stereocenters. The van der Waals surface area contributed by atoms with E-state index in [4.69, 9.17) is 4.98 Å². The first-order valence-corrected chi connectivity index (χ1v) is 14.0. The molecule has 0 atom stereocenters. The number of pyridine rings is 1. The molecule has 174 valence electrons. The van der Waals surface area contributed by atoms with Crippen molar-refractivity contribution in [3.05, 3.63) is 35.8 Å². The van der Waals surface area contributed by atoms with Crippen molar-refractivity contribution in [1.29, 1.82) is 0 Å². The van der Waals surface area contributed by atoms with Crippen molar-refractivity contribution in [3.8, 4) is 0 Å². The van der Waals surface area contributed by atoms with E-state index in [0.29, 0.717) is 42.2 Å². The molecule has 4 aliphatic carbocycles. The highest BCUT2D eigenvalue weighted by molar-refractivity contribution is 8.24. The van der Waals surface area contributed by atoms with Crippen LogP contribution < -0.4 is 5.32 Å². The lowest BCUT2D eigenvalue weighted by Crippen LogP contribution is -2.51. The molecule has 0 radical (unpaired) electrons. The molecule has 2 aromatic rings. The Kier molecular flexibility index (Phi) is 5.06. The van der Waals surface area contributed by atoms with Crippen LogP contribution in [-0.4, -0.2) is 60.4 Å². The second kappa shape index (κ2) is 7.72. The Morgan fingerprint density at radius 3 is 2.41 bits per heavy atom. The van der Waals surface area contributed by atoms with Gasteiger partial charge in [0.15, 0.2) is 0 Å². The first-order valence-electron chi connectivity index (χ1n) is 12.1. The normalized spacial score (nSPS) is 34.6. The van der Waals surface area contributed by atoms with Crippen molar-refractivity contribution in [2.45, 2.75) is 45.1 Å². The van der Waals surface area contributed by atoms with Crippen LogP contribution in [0.5, 0.6) is 0 Å². The zero-order valence-electron chi connectivity index (χ0n) is 18.6. The molecule has 5 fully saturated rings. The summed E-state index contributed by atoms with van der Waals surface area (Å²) in [6.45, 7) is 2.78. The Bertz CT molecular complexity index is 990. The van der Waals surface area contributed by atoms with Crippen molar-refractivity contribution in [3.63, 3.8) is 0 Å². The minimum absolute atomic E-state index is 0.0118. The number of carbonyl (C=O) groups excluding carboxylic acids is 1. The SMILES string of the molecule is O=C(NCC12CC3CC(CC(C3)C1)C2)c1cccc2nc(CN3CCS(O)(O)CC3)cn12. The van der Waals surface area contributed by atoms with Gasteiger partial charge in [0.1, 0.15) is 11.3 Å². The van der Waals surface area contributed by atoms with Gasteiger partial charge >= 0.3 is 0 Å². The molecule has 0 aromatic carbocycles. The summed E-state index contributed by atoms with van der Waals surface area (Å²) in [7, 11) is -2.39. The lowest BCUT2D eigenvalue weighted by molar-refractivity contribution is -0.0503. The Balaban J connectivity index is 1.15. The molecule has 1 amide bonds. The molecule has 32 heavy (non-hydrogen) atoms. The van der Waals surface area contributed by atoms with E-state index in [2.05, 4.69) is 10.2 Å². The van der Waals surface area contributed by atoms with Crippen molar-refractivity contribution in [1.82, 2.24) is 19.6 Å². The van der Waals surface area contributed by atoms with Crippen LogP contribution in [0.25, 0.3) is 5.65 Å². The van der Waals surface area contributed by atoms with Crippen LogP contribution in [0.4, 0.5) is 0 Å². The quantitative estimate of drug-likeness (QED) is 0.633. The number of hydrogen-bond acceptors (Lipinski definition) is 5. The van der Waals surface area contributed by atoms with Gasteiger partial charge in [-0.05, 0) is 73.8 Å². The van der Waals surface area contributed by atoms with Gasteiger partial charge in [0, 0.05) is 32.4 Å². The van der Waals surface area contributed by atoms with Crippen molar-refractivity contribution >= 4 is 22.1 Å². The van der Waals surface area contributed by atoms with Crippen LogP contribution >= 0.6 is 10.6 Å². The van der Waals surface area contributed by atoms with Gasteiger partial charge in [-0.3, -0.25) is 23.2 Å². The highest BCUT2D eigenvalue weighted by Gasteiger charge is 2.50. The average Bonchev–Trinajstić information content (AvgIpc) is 3.15. The van der Waals surface area contributed by atoms with E-state index in [0.717, 1.165) is 35.6 Å². The molecular weight excluding hydrogens is 424 g/mol. The van der Waals surface area contributed by atoms with Crippen LogP contribution in [0.3, 0.4) is 0 Å². The van der Waals surface area contributed by atoms with E-state index >= 15 is 0 Å². The van der Waals surface area contributed by atoms with Crippen LogP contribution in [0.15, 0.2) is 24.4 Å². The predicted octanol–water partition coefficient (Wildman–Crippen LogP) is 3.85. The summed E-state index contributed by atoms with van der Waals surface area (Å²) >= 11 is 0. The van der Waals surface area contributed by atoms with Gasteiger partial charge in [-0.1, -0.05) is 6.07 Å². The average molecular weight is 459 g/mol. The number of rotatable bonds is 5. The van der Waals surface area contributed by atoms with Crippen LogP contribution in [0.1, 0.15) is 54.7 Å². The molecule has 7 nitrogen and oxygen atoms in total. The molecule has 5 aliphatic rings. The number of aromatic nitrogens is 2. The summed E-state index contributed by atoms with van der Waals surface area (Å²) in [6.07, 6.45) is 10.1. The standard InChI is InChI=1S/C24H34N4O3S/c29-23(25-16-24-11-17-8-18(12-24)10-19(9-17)13-24)21-2-1-3-22-26-20(15-28(21)22)14-27-4-6-32(30,31)7-5-27/h1-3,15,17-19,30-31H,4-14,16H2,(H,25,29). The Morgan fingerprint density at radius 2 is 1.75 bits per heavy atom. The number of nitrogens with one attached hydrogen (secondary N) is 1. The summed E-state index contributed by atoms with van der Waals surface area (Å²) in [5, 5.41) is 3.30. The third kappa shape index (κ3) is 3.95. The number of amides is 1. The van der Waals surface area contributed by atoms with E-state index in [-0.39, 0.29) is 5.91 Å². The minimum Gasteiger partial charge on any atom is -0.350 e. The number of carbonyl (C=O) groups is 1. The number of fused-ring (bicyclic) bond motifs is 1. The summed E-state index contributed by atoms with van der Waals surface area (Å²) in [6, 6.07) is 5.72. The first kappa shape index (κ1) is 21.0. The third-order valence-corrected chi connectivity index (χ3v) is 10.1. The summed E-state index contributed by atoms with van der Waals surface area (Å²) in [5.41, 5.74) is 2.65. The molecule has 8 heteroatoms. The maximum atomic E-state index is 13.2. The number of nitrogens with zero attached hydrogens (tertiary/aromatic N) is 3. The molecule has 0 spiro atoms. The van der Waals surface area contributed by atoms with Gasteiger partial charge in [0.2, 0.25) is 0 Å². The fraction of sp³-hybridized carbons (Fsp3) is 0.667. The van der Waals surface area contributed by atoms with E-state index in [1.807, 2.05) is 28.8 Å².